The number of benzene rings is 1. The molecule has 1 aromatic carbocycles. The number of likely N-dealkylation sites (tertiary alicyclic amines) is 1. The van der Waals surface area contributed by atoms with Crippen LogP contribution in [-0.4, -0.2) is 61.4 Å². The molecule has 9 nitrogen and oxygen atoms in total. The van der Waals surface area contributed by atoms with E-state index in [0.717, 1.165) is 0 Å². The molecule has 1 heterocycles. The van der Waals surface area contributed by atoms with Crippen LogP contribution in [0.5, 0.6) is 11.5 Å². The van der Waals surface area contributed by atoms with Gasteiger partial charge < -0.3 is 29.2 Å². The number of amides is 2. The van der Waals surface area contributed by atoms with E-state index in [1.165, 1.54) is 4.90 Å². The minimum atomic E-state index is -0.606. The molecule has 1 N–H and O–H groups in total. The summed E-state index contributed by atoms with van der Waals surface area (Å²) in [5, 5.41) is 2.68. The van der Waals surface area contributed by atoms with Crippen LogP contribution >= 0.6 is 0 Å². The summed E-state index contributed by atoms with van der Waals surface area (Å²) >= 11 is 0. The molecular weight excluding hydrogens is 416 g/mol. The van der Waals surface area contributed by atoms with E-state index in [1.807, 2.05) is 13.8 Å². The minimum Gasteiger partial charge on any atom is -0.490 e. The number of nitrogens with one attached hydrogen (secondary N) is 1. The van der Waals surface area contributed by atoms with Crippen molar-refractivity contribution in [3.63, 3.8) is 0 Å². The van der Waals surface area contributed by atoms with E-state index < -0.39 is 36.1 Å². The van der Waals surface area contributed by atoms with E-state index in [0.29, 0.717) is 49.8 Å². The molecule has 0 aromatic heterocycles. The largest absolute Gasteiger partial charge is 0.490 e. The van der Waals surface area contributed by atoms with Crippen molar-refractivity contribution in [2.75, 3.05) is 38.2 Å². The van der Waals surface area contributed by atoms with E-state index in [2.05, 4.69) is 5.32 Å². The summed E-state index contributed by atoms with van der Waals surface area (Å²) in [5.41, 5.74) is -0.0994. The Morgan fingerprint density at radius 1 is 1.09 bits per heavy atom. The summed E-state index contributed by atoms with van der Waals surface area (Å²) in [7, 11) is 0. The lowest BCUT2D eigenvalue weighted by atomic mass is 9.98. The van der Waals surface area contributed by atoms with Crippen LogP contribution in [0.15, 0.2) is 18.2 Å². The Bertz CT molecular complexity index is 804. The van der Waals surface area contributed by atoms with Crippen LogP contribution in [-0.2, 0) is 19.1 Å². The lowest BCUT2D eigenvalue weighted by Crippen LogP contribution is -2.45. The van der Waals surface area contributed by atoms with Gasteiger partial charge in [0.05, 0.1) is 19.1 Å². The Morgan fingerprint density at radius 3 is 2.44 bits per heavy atom. The number of carbonyl (C=O) groups excluding carboxylic acids is 3. The number of esters is 1. The highest BCUT2D eigenvalue weighted by Crippen LogP contribution is 2.30. The Balaban J connectivity index is 1.86. The second-order valence-corrected chi connectivity index (χ2v) is 8.45. The van der Waals surface area contributed by atoms with Crippen LogP contribution in [0, 0.1) is 5.92 Å². The zero-order chi connectivity index (χ0) is 23.7. The van der Waals surface area contributed by atoms with Gasteiger partial charge in [-0.2, -0.15) is 0 Å². The van der Waals surface area contributed by atoms with Crippen LogP contribution in [0.3, 0.4) is 0 Å². The number of anilines is 1. The summed E-state index contributed by atoms with van der Waals surface area (Å²) in [6.07, 6.45) is 0.807. The monoisotopic (exact) mass is 450 g/mol. The maximum Gasteiger partial charge on any atom is 0.410 e. The molecule has 2 rings (SSSR count). The number of hydrogen-bond donors (Lipinski definition) is 1. The Hall–Kier alpha value is -2.97. The molecule has 1 unspecified atom stereocenters. The van der Waals surface area contributed by atoms with Gasteiger partial charge in [-0.25, -0.2) is 4.79 Å². The molecule has 32 heavy (non-hydrogen) atoms. The highest BCUT2D eigenvalue weighted by molar-refractivity contribution is 5.93. The number of carbonyl (C=O) groups is 3. The molecule has 2 amide bonds. The van der Waals surface area contributed by atoms with Crippen molar-refractivity contribution in [3.8, 4) is 11.5 Å². The maximum absolute atomic E-state index is 12.4. The molecule has 0 aliphatic carbocycles. The molecule has 1 fully saturated rings. The quantitative estimate of drug-likeness (QED) is 0.604. The van der Waals surface area contributed by atoms with Gasteiger partial charge in [0.2, 0.25) is 0 Å². The smallest absolute Gasteiger partial charge is 0.410 e. The number of ether oxygens (including phenoxy) is 4. The van der Waals surface area contributed by atoms with E-state index in [-0.39, 0.29) is 6.54 Å². The van der Waals surface area contributed by atoms with Gasteiger partial charge in [0.25, 0.3) is 5.91 Å². The summed E-state index contributed by atoms with van der Waals surface area (Å²) in [5.74, 6) is -0.349. The predicted octanol–water partition coefficient (Wildman–Crippen LogP) is 3.61. The summed E-state index contributed by atoms with van der Waals surface area (Å²) < 4.78 is 21.6. The first-order valence-electron chi connectivity index (χ1n) is 11.0. The molecule has 1 aliphatic rings. The van der Waals surface area contributed by atoms with Gasteiger partial charge in [0, 0.05) is 24.8 Å². The molecule has 9 heteroatoms. The fourth-order valence-electron chi connectivity index (χ4n) is 3.24. The van der Waals surface area contributed by atoms with Crippen LogP contribution < -0.4 is 14.8 Å². The number of rotatable bonds is 8. The number of nitrogens with zero attached hydrogens (tertiary/aromatic N) is 1. The fraction of sp³-hybridized carbons (Fsp3) is 0.609. The number of piperidine rings is 1. The van der Waals surface area contributed by atoms with Gasteiger partial charge >= 0.3 is 12.1 Å². The van der Waals surface area contributed by atoms with Crippen LogP contribution in [0.25, 0.3) is 0 Å². The maximum atomic E-state index is 12.4. The fourth-order valence-corrected chi connectivity index (χ4v) is 3.24. The summed E-state index contributed by atoms with van der Waals surface area (Å²) in [6, 6.07) is 5.06. The second-order valence-electron chi connectivity index (χ2n) is 8.45. The van der Waals surface area contributed by atoms with Gasteiger partial charge in [0.1, 0.15) is 5.60 Å². The predicted molar refractivity (Wildman–Crippen MR) is 119 cm³/mol. The molecular formula is C23H34N2O7. The second kappa shape index (κ2) is 11.6. The van der Waals surface area contributed by atoms with Crippen molar-refractivity contribution in [1.82, 2.24) is 4.90 Å². The molecule has 0 radical (unpaired) electrons. The highest BCUT2D eigenvalue weighted by Gasteiger charge is 2.32. The minimum absolute atomic E-state index is 0.214. The van der Waals surface area contributed by atoms with Gasteiger partial charge in [0.15, 0.2) is 18.1 Å². The first kappa shape index (κ1) is 25.3. The standard InChI is InChI=1S/C23H34N2O7/c1-6-29-18-11-10-17(13-19(18)30-7-2)24-20(26)15-31-21(27)16-9-8-12-25(14-16)22(28)32-23(3,4)5/h10-11,13,16H,6-9,12,14-15H2,1-5H3,(H,24,26). The van der Waals surface area contributed by atoms with Crippen molar-refractivity contribution in [1.29, 1.82) is 0 Å². The van der Waals surface area contributed by atoms with Crippen LogP contribution in [0.2, 0.25) is 0 Å². The average molecular weight is 451 g/mol. The molecule has 178 valence electrons. The molecule has 1 atom stereocenters. The van der Waals surface area contributed by atoms with Crippen molar-refractivity contribution in [2.45, 2.75) is 53.1 Å². The molecule has 0 spiro atoms. The molecule has 0 bridgehead atoms. The van der Waals surface area contributed by atoms with Gasteiger partial charge in [-0.1, -0.05) is 0 Å². The van der Waals surface area contributed by atoms with E-state index in [9.17, 15) is 14.4 Å². The lowest BCUT2D eigenvalue weighted by Gasteiger charge is -2.33. The van der Waals surface area contributed by atoms with Crippen LogP contribution in [0.1, 0.15) is 47.5 Å². The SMILES string of the molecule is CCOc1ccc(NC(=O)COC(=O)C2CCCN(C(=O)OC(C)(C)C)C2)cc1OCC. The third-order valence-corrected chi connectivity index (χ3v) is 4.58. The van der Waals surface area contributed by atoms with Crippen molar-refractivity contribution >= 4 is 23.7 Å². The zero-order valence-electron chi connectivity index (χ0n) is 19.6. The van der Waals surface area contributed by atoms with Crippen molar-refractivity contribution in [2.24, 2.45) is 5.92 Å². The first-order valence-corrected chi connectivity index (χ1v) is 11.0. The number of hydrogen-bond acceptors (Lipinski definition) is 7. The molecule has 1 aliphatic heterocycles. The molecule has 1 saturated heterocycles. The average Bonchev–Trinajstić information content (AvgIpc) is 2.73. The van der Waals surface area contributed by atoms with E-state index >= 15 is 0 Å². The topological polar surface area (TPSA) is 103 Å². The third kappa shape index (κ3) is 7.94. The van der Waals surface area contributed by atoms with Crippen molar-refractivity contribution < 1.29 is 33.3 Å². The first-order chi connectivity index (χ1) is 15.1. The lowest BCUT2D eigenvalue weighted by molar-refractivity contribution is -0.153. The summed E-state index contributed by atoms with van der Waals surface area (Å²) in [6.45, 7) is 10.4. The Labute approximate surface area is 189 Å². The zero-order valence-corrected chi connectivity index (χ0v) is 19.6. The highest BCUT2D eigenvalue weighted by atomic mass is 16.6. The summed E-state index contributed by atoms with van der Waals surface area (Å²) in [4.78, 5) is 38.5. The molecule has 0 saturated carbocycles. The Kier molecular flexibility index (Phi) is 9.16. The van der Waals surface area contributed by atoms with Gasteiger partial charge in [-0.3, -0.25) is 9.59 Å². The van der Waals surface area contributed by atoms with Gasteiger partial charge in [-0.15, -0.1) is 0 Å². The molecule has 1 aromatic rings. The van der Waals surface area contributed by atoms with Crippen molar-refractivity contribution in [3.05, 3.63) is 18.2 Å². The normalized spacial score (nSPS) is 16.2. The van der Waals surface area contributed by atoms with E-state index in [1.54, 1.807) is 39.0 Å². The third-order valence-electron chi connectivity index (χ3n) is 4.58. The Morgan fingerprint density at radius 2 is 1.78 bits per heavy atom. The van der Waals surface area contributed by atoms with E-state index in [4.69, 9.17) is 18.9 Å². The van der Waals surface area contributed by atoms with Crippen LogP contribution in [0.4, 0.5) is 10.5 Å². The van der Waals surface area contributed by atoms with Gasteiger partial charge in [-0.05, 0) is 59.6 Å².